The molecule has 0 saturated heterocycles. The van der Waals surface area contributed by atoms with Gasteiger partial charge in [0.25, 0.3) is 0 Å². The first-order valence-corrected chi connectivity index (χ1v) is 10.0. The van der Waals surface area contributed by atoms with Crippen molar-refractivity contribution in [3.8, 4) is 23.5 Å². The van der Waals surface area contributed by atoms with Crippen molar-refractivity contribution in [1.82, 2.24) is 9.97 Å². The number of pyridine rings is 2. The van der Waals surface area contributed by atoms with Gasteiger partial charge in [-0.25, -0.2) is 4.98 Å². The van der Waals surface area contributed by atoms with Gasteiger partial charge in [0.05, 0.1) is 0 Å². The third-order valence-electron chi connectivity index (χ3n) is 4.71. The number of carbonyl (C=O) groups is 2. The monoisotopic (exact) mass is 396 g/mol. The molecule has 30 heavy (non-hydrogen) atoms. The fourth-order valence-electron chi connectivity index (χ4n) is 3.18. The van der Waals surface area contributed by atoms with E-state index in [0.29, 0.717) is 30.7 Å². The predicted molar refractivity (Wildman–Crippen MR) is 118 cm³/mol. The van der Waals surface area contributed by atoms with Gasteiger partial charge in [-0.05, 0) is 53.8 Å². The van der Waals surface area contributed by atoms with Crippen molar-refractivity contribution < 1.29 is 9.59 Å². The normalized spacial score (nSPS) is 10.6. The highest BCUT2D eigenvalue weighted by molar-refractivity contribution is 5.98. The van der Waals surface area contributed by atoms with Crippen LogP contribution in [-0.2, 0) is 6.42 Å². The zero-order valence-corrected chi connectivity index (χ0v) is 17.3. The van der Waals surface area contributed by atoms with E-state index in [9.17, 15) is 9.59 Å². The maximum absolute atomic E-state index is 12.6. The summed E-state index contributed by atoms with van der Waals surface area (Å²) in [5, 5.41) is 0. The molecule has 3 rings (SSSR count). The average molecular weight is 396 g/mol. The summed E-state index contributed by atoms with van der Waals surface area (Å²) in [7, 11) is 0. The van der Waals surface area contributed by atoms with Crippen molar-refractivity contribution in [2.45, 2.75) is 33.1 Å². The molecular weight excluding hydrogens is 372 g/mol. The van der Waals surface area contributed by atoms with Crippen LogP contribution in [0, 0.1) is 18.3 Å². The van der Waals surface area contributed by atoms with E-state index in [-0.39, 0.29) is 17.5 Å². The first-order valence-electron chi connectivity index (χ1n) is 10.0. The highest BCUT2D eigenvalue weighted by Gasteiger charge is 2.14. The predicted octanol–water partition coefficient (Wildman–Crippen LogP) is 5.17. The van der Waals surface area contributed by atoms with Crippen molar-refractivity contribution in [2.75, 3.05) is 0 Å². The van der Waals surface area contributed by atoms with Gasteiger partial charge in [-0.1, -0.05) is 38.0 Å². The summed E-state index contributed by atoms with van der Waals surface area (Å²) in [6.07, 6.45) is 10.3. The van der Waals surface area contributed by atoms with E-state index >= 15 is 0 Å². The summed E-state index contributed by atoms with van der Waals surface area (Å²) in [6, 6.07) is 14.8. The van der Waals surface area contributed by atoms with Gasteiger partial charge in [-0.3, -0.25) is 14.6 Å². The molecular formula is C26H24N2O2. The quantitative estimate of drug-likeness (QED) is 0.389. The number of nitrogens with zero attached hydrogens (tertiary/aromatic N) is 2. The number of ketones is 2. The molecule has 0 fully saturated rings. The highest BCUT2D eigenvalue weighted by atomic mass is 16.1. The number of rotatable bonds is 8. The number of terminal acetylenes is 1. The van der Waals surface area contributed by atoms with E-state index in [0.717, 1.165) is 22.3 Å². The smallest absolute Gasteiger partial charge is 0.181 e. The Kier molecular flexibility index (Phi) is 6.87. The average Bonchev–Trinajstić information content (AvgIpc) is 2.77. The Morgan fingerprint density at radius 2 is 1.70 bits per heavy atom. The summed E-state index contributed by atoms with van der Waals surface area (Å²) >= 11 is 0. The Balaban J connectivity index is 1.69. The van der Waals surface area contributed by atoms with Gasteiger partial charge in [-0.2, -0.15) is 0 Å². The standard InChI is InChI=1S/C26H24N2O2/c1-4-19-7-5-8-21(14-19)22-15-20(16-27-17-22)11-12-25(29)23-9-6-10-24(28-23)26(30)13-18(2)3/h1,5-10,14-18H,11-13H2,2-3H3. The van der Waals surface area contributed by atoms with Crippen LogP contribution in [0.25, 0.3) is 11.1 Å². The van der Waals surface area contributed by atoms with Crippen LogP contribution in [0.1, 0.15) is 58.8 Å². The van der Waals surface area contributed by atoms with Crippen LogP contribution in [0.2, 0.25) is 0 Å². The molecule has 0 N–H and O–H groups in total. The first kappa shape index (κ1) is 21.1. The van der Waals surface area contributed by atoms with Gasteiger partial charge < -0.3 is 0 Å². The molecule has 0 aliphatic carbocycles. The number of aromatic nitrogens is 2. The number of carbonyl (C=O) groups excluding carboxylic acids is 2. The minimum Gasteiger partial charge on any atom is -0.292 e. The first-order chi connectivity index (χ1) is 14.5. The third-order valence-corrected chi connectivity index (χ3v) is 4.71. The second kappa shape index (κ2) is 9.76. The topological polar surface area (TPSA) is 59.9 Å². The van der Waals surface area contributed by atoms with Crippen LogP contribution in [0.15, 0.2) is 60.9 Å². The third kappa shape index (κ3) is 5.48. The molecule has 1 aromatic carbocycles. The maximum atomic E-state index is 12.6. The van der Waals surface area contributed by atoms with E-state index < -0.39 is 0 Å². The van der Waals surface area contributed by atoms with Crippen LogP contribution in [0.4, 0.5) is 0 Å². The van der Waals surface area contributed by atoms with Gasteiger partial charge in [0.1, 0.15) is 11.4 Å². The van der Waals surface area contributed by atoms with E-state index in [4.69, 9.17) is 6.42 Å². The molecule has 2 aromatic heterocycles. The Labute approximate surface area is 177 Å². The molecule has 150 valence electrons. The molecule has 0 radical (unpaired) electrons. The molecule has 2 heterocycles. The summed E-state index contributed by atoms with van der Waals surface area (Å²) < 4.78 is 0. The fourth-order valence-corrected chi connectivity index (χ4v) is 3.18. The largest absolute Gasteiger partial charge is 0.292 e. The second-order valence-corrected chi connectivity index (χ2v) is 7.66. The van der Waals surface area contributed by atoms with E-state index in [1.807, 2.05) is 44.2 Å². The van der Waals surface area contributed by atoms with Gasteiger partial charge in [0.15, 0.2) is 11.6 Å². The van der Waals surface area contributed by atoms with Crippen LogP contribution in [0.3, 0.4) is 0 Å². The van der Waals surface area contributed by atoms with Gasteiger partial charge in [-0.15, -0.1) is 6.42 Å². The van der Waals surface area contributed by atoms with E-state index in [2.05, 4.69) is 15.9 Å². The Morgan fingerprint density at radius 3 is 2.43 bits per heavy atom. The summed E-state index contributed by atoms with van der Waals surface area (Å²) in [5.41, 5.74) is 4.40. The lowest BCUT2D eigenvalue weighted by Gasteiger charge is -2.07. The molecule has 0 aliphatic rings. The van der Waals surface area contributed by atoms with Crippen molar-refractivity contribution in [1.29, 1.82) is 0 Å². The van der Waals surface area contributed by atoms with Crippen molar-refractivity contribution in [3.05, 3.63) is 83.4 Å². The zero-order valence-electron chi connectivity index (χ0n) is 17.3. The lowest BCUT2D eigenvalue weighted by molar-refractivity contribution is 0.0962. The van der Waals surface area contributed by atoms with Crippen molar-refractivity contribution in [3.63, 3.8) is 0 Å². The molecule has 0 spiro atoms. The summed E-state index contributed by atoms with van der Waals surface area (Å²) in [6.45, 7) is 3.97. The molecule has 0 bridgehead atoms. The van der Waals surface area contributed by atoms with Crippen LogP contribution < -0.4 is 0 Å². The molecule has 4 heteroatoms. The molecule has 0 atom stereocenters. The van der Waals surface area contributed by atoms with Crippen LogP contribution in [-0.4, -0.2) is 21.5 Å². The van der Waals surface area contributed by atoms with E-state index in [1.54, 1.807) is 30.6 Å². The molecule has 0 amide bonds. The highest BCUT2D eigenvalue weighted by Crippen LogP contribution is 2.21. The second-order valence-electron chi connectivity index (χ2n) is 7.66. The SMILES string of the molecule is C#Cc1cccc(-c2cncc(CCC(=O)c3cccc(C(=O)CC(C)C)n3)c2)c1. The minimum atomic E-state index is -0.0890. The molecule has 4 nitrogen and oxygen atoms in total. The van der Waals surface area contributed by atoms with Crippen molar-refractivity contribution in [2.24, 2.45) is 5.92 Å². The molecule has 0 unspecified atom stereocenters. The Bertz CT molecular complexity index is 1110. The number of benzene rings is 1. The van der Waals surface area contributed by atoms with Gasteiger partial charge in [0.2, 0.25) is 0 Å². The van der Waals surface area contributed by atoms with Gasteiger partial charge >= 0.3 is 0 Å². The summed E-state index contributed by atoms with van der Waals surface area (Å²) in [5.74, 6) is 2.76. The van der Waals surface area contributed by atoms with E-state index in [1.165, 1.54) is 0 Å². The molecule has 3 aromatic rings. The molecule has 0 aliphatic heterocycles. The Morgan fingerprint density at radius 1 is 0.967 bits per heavy atom. The lowest BCUT2D eigenvalue weighted by atomic mass is 10.0. The minimum absolute atomic E-state index is 0.0363. The van der Waals surface area contributed by atoms with Crippen molar-refractivity contribution >= 4 is 11.6 Å². The number of hydrogen-bond acceptors (Lipinski definition) is 4. The number of hydrogen-bond donors (Lipinski definition) is 0. The van der Waals surface area contributed by atoms with Crippen LogP contribution >= 0.6 is 0 Å². The lowest BCUT2D eigenvalue weighted by Crippen LogP contribution is -2.10. The Hall–Kier alpha value is -3.58. The summed E-state index contributed by atoms with van der Waals surface area (Å²) in [4.78, 5) is 33.5. The van der Waals surface area contributed by atoms with Gasteiger partial charge in [0, 0.05) is 36.4 Å². The molecule has 0 saturated carbocycles. The maximum Gasteiger partial charge on any atom is 0.181 e. The van der Waals surface area contributed by atoms with Crippen LogP contribution in [0.5, 0.6) is 0 Å². The fraction of sp³-hybridized carbons (Fsp3) is 0.231. The number of aryl methyl sites for hydroxylation is 1. The number of Topliss-reactive ketones (excluding diaryl/α,β-unsaturated/α-hetero) is 2. The zero-order chi connectivity index (χ0) is 21.5.